The van der Waals surface area contributed by atoms with Gasteiger partial charge in [-0.15, -0.1) is 0 Å². The average molecular weight is 305 g/mol. The molecule has 2 rings (SSSR count). The Morgan fingerprint density at radius 1 is 1.32 bits per heavy atom. The highest BCUT2D eigenvalue weighted by Crippen LogP contribution is 2.29. The van der Waals surface area contributed by atoms with Crippen molar-refractivity contribution in [1.29, 1.82) is 0 Å². The number of β-amino-alcohol motifs (C(OH)–C–C–N with tert-alkyl or cyclic N) is 1. The summed E-state index contributed by atoms with van der Waals surface area (Å²) in [6.07, 6.45) is 0.881. The Hall–Kier alpha value is -1.55. The van der Waals surface area contributed by atoms with Crippen molar-refractivity contribution in [3.63, 3.8) is 0 Å². The first-order chi connectivity index (χ1) is 10.3. The molecule has 0 aromatic heterocycles. The predicted molar refractivity (Wildman–Crippen MR) is 87.0 cm³/mol. The first-order valence-corrected chi connectivity index (χ1v) is 8.05. The number of rotatable bonds is 2. The number of likely N-dealkylation sites (tertiary alicyclic amines) is 1. The molecule has 2 atom stereocenters. The molecular formula is C18H27NO3. The van der Waals surface area contributed by atoms with Crippen LogP contribution in [0.3, 0.4) is 0 Å². The lowest BCUT2D eigenvalue weighted by Gasteiger charge is -2.37. The monoisotopic (exact) mass is 305 g/mol. The number of piperidine rings is 1. The number of ether oxygens (including phenoxy) is 1. The molecule has 0 spiro atoms. The molecule has 1 aromatic carbocycles. The van der Waals surface area contributed by atoms with Crippen molar-refractivity contribution in [2.45, 2.75) is 58.2 Å². The molecule has 22 heavy (non-hydrogen) atoms. The van der Waals surface area contributed by atoms with Gasteiger partial charge in [-0.1, -0.05) is 31.2 Å². The van der Waals surface area contributed by atoms with Gasteiger partial charge in [0.2, 0.25) is 0 Å². The largest absolute Gasteiger partial charge is 0.444 e. The van der Waals surface area contributed by atoms with Crippen molar-refractivity contribution in [1.82, 2.24) is 4.90 Å². The Morgan fingerprint density at radius 3 is 2.45 bits per heavy atom. The molecule has 0 saturated carbocycles. The highest BCUT2D eigenvalue weighted by molar-refractivity contribution is 5.68. The van der Waals surface area contributed by atoms with Gasteiger partial charge < -0.3 is 14.7 Å². The lowest BCUT2D eigenvalue weighted by Crippen LogP contribution is -2.47. The highest BCUT2D eigenvalue weighted by atomic mass is 16.6. The van der Waals surface area contributed by atoms with Gasteiger partial charge >= 0.3 is 6.09 Å². The molecule has 1 saturated heterocycles. The van der Waals surface area contributed by atoms with Crippen LogP contribution < -0.4 is 0 Å². The summed E-state index contributed by atoms with van der Waals surface area (Å²) in [6.45, 7) is 8.63. The number of benzene rings is 1. The molecule has 0 aliphatic carbocycles. The molecule has 1 aliphatic heterocycles. The van der Waals surface area contributed by atoms with Gasteiger partial charge in [-0.05, 0) is 44.7 Å². The molecule has 0 radical (unpaired) electrons. The minimum atomic E-state index is -0.547. The van der Waals surface area contributed by atoms with E-state index in [9.17, 15) is 9.90 Å². The zero-order chi connectivity index (χ0) is 16.3. The second-order valence-electron chi connectivity index (χ2n) is 6.98. The van der Waals surface area contributed by atoms with Crippen molar-refractivity contribution in [3.05, 3.63) is 35.4 Å². The summed E-state index contributed by atoms with van der Waals surface area (Å²) in [5, 5.41) is 10.4. The van der Waals surface area contributed by atoms with Crippen LogP contribution in [0, 0.1) is 0 Å². The SMILES string of the molecule is CCc1ccc([C@H]2CCN(C(=O)OC(C)(C)C)C[C@H]2O)cc1. The van der Waals surface area contributed by atoms with Crippen molar-refractivity contribution in [3.8, 4) is 0 Å². The lowest BCUT2D eigenvalue weighted by molar-refractivity contribution is -0.00151. The summed E-state index contributed by atoms with van der Waals surface area (Å²) in [4.78, 5) is 13.7. The Morgan fingerprint density at radius 2 is 1.95 bits per heavy atom. The topological polar surface area (TPSA) is 49.8 Å². The average Bonchev–Trinajstić information content (AvgIpc) is 2.45. The first kappa shape index (κ1) is 16.8. The zero-order valence-electron chi connectivity index (χ0n) is 14.0. The molecule has 122 valence electrons. The van der Waals surface area contributed by atoms with E-state index >= 15 is 0 Å². The van der Waals surface area contributed by atoms with Crippen LogP contribution in [0.15, 0.2) is 24.3 Å². The fourth-order valence-electron chi connectivity index (χ4n) is 2.81. The molecule has 4 nitrogen and oxygen atoms in total. The maximum absolute atomic E-state index is 12.1. The molecule has 4 heteroatoms. The van der Waals surface area contributed by atoms with Crippen molar-refractivity contribution in [2.24, 2.45) is 0 Å². The molecule has 1 N–H and O–H groups in total. The number of nitrogens with zero attached hydrogens (tertiary/aromatic N) is 1. The Labute approximate surface area is 133 Å². The van der Waals surface area contributed by atoms with Crippen LogP contribution >= 0.6 is 0 Å². The summed E-state index contributed by atoms with van der Waals surface area (Å²) in [5.74, 6) is 0.0876. The van der Waals surface area contributed by atoms with Crippen molar-refractivity contribution in [2.75, 3.05) is 13.1 Å². The van der Waals surface area contributed by atoms with Gasteiger partial charge in [-0.3, -0.25) is 0 Å². The highest BCUT2D eigenvalue weighted by Gasteiger charge is 2.33. The van der Waals surface area contributed by atoms with E-state index in [2.05, 4.69) is 31.2 Å². The van der Waals surface area contributed by atoms with Crippen LogP contribution in [0.25, 0.3) is 0 Å². The first-order valence-electron chi connectivity index (χ1n) is 8.05. The second kappa shape index (κ2) is 6.69. The third-order valence-corrected chi connectivity index (χ3v) is 4.05. The number of carbonyl (C=O) groups is 1. The summed E-state index contributed by atoms with van der Waals surface area (Å²) in [5.41, 5.74) is 1.94. The van der Waals surface area contributed by atoms with Crippen molar-refractivity contribution < 1.29 is 14.6 Å². The quantitative estimate of drug-likeness (QED) is 0.911. The molecule has 1 heterocycles. The number of hydrogen-bond acceptors (Lipinski definition) is 3. The number of aryl methyl sites for hydroxylation is 1. The zero-order valence-corrected chi connectivity index (χ0v) is 14.0. The minimum Gasteiger partial charge on any atom is -0.444 e. The summed E-state index contributed by atoms with van der Waals surface area (Å²) in [7, 11) is 0. The van der Waals surface area contributed by atoms with E-state index in [-0.39, 0.29) is 12.0 Å². The molecule has 0 bridgehead atoms. The maximum Gasteiger partial charge on any atom is 0.410 e. The van der Waals surface area contributed by atoms with E-state index in [1.54, 1.807) is 4.90 Å². The van der Waals surface area contributed by atoms with Gasteiger partial charge in [0.1, 0.15) is 5.60 Å². The van der Waals surface area contributed by atoms with E-state index in [0.29, 0.717) is 13.1 Å². The second-order valence-corrected chi connectivity index (χ2v) is 6.98. The predicted octanol–water partition coefficient (Wildman–Crippen LogP) is 3.33. The molecule has 1 fully saturated rings. The molecule has 1 aromatic rings. The minimum absolute atomic E-state index is 0.0876. The van der Waals surface area contributed by atoms with E-state index in [4.69, 9.17) is 4.74 Å². The molecular weight excluding hydrogens is 278 g/mol. The fourth-order valence-corrected chi connectivity index (χ4v) is 2.81. The van der Waals surface area contributed by atoms with E-state index < -0.39 is 11.7 Å². The van der Waals surface area contributed by atoms with Crippen molar-refractivity contribution >= 4 is 6.09 Å². The van der Waals surface area contributed by atoms with Gasteiger partial charge in [0.15, 0.2) is 0 Å². The summed E-state index contributed by atoms with van der Waals surface area (Å²) in [6, 6.07) is 8.41. The normalized spacial score (nSPS) is 22.5. The smallest absolute Gasteiger partial charge is 0.410 e. The van der Waals surface area contributed by atoms with E-state index in [1.807, 2.05) is 20.8 Å². The fraction of sp³-hybridized carbons (Fsp3) is 0.611. The Balaban J connectivity index is 1.98. The lowest BCUT2D eigenvalue weighted by atomic mass is 9.87. The van der Waals surface area contributed by atoms with Gasteiger partial charge in [0.25, 0.3) is 0 Å². The van der Waals surface area contributed by atoms with Gasteiger partial charge in [0, 0.05) is 12.5 Å². The Bertz CT molecular complexity index is 504. The number of aliphatic hydroxyl groups excluding tert-OH is 1. The van der Waals surface area contributed by atoms with Crippen LogP contribution in [-0.4, -0.2) is 40.9 Å². The number of amides is 1. The van der Waals surface area contributed by atoms with Gasteiger partial charge in [-0.2, -0.15) is 0 Å². The number of hydrogen-bond donors (Lipinski definition) is 1. The van der Waals surface area contributed by atoms with E-state index in [0.717, 1.165) is 18.4 Å². The summed E-state index contributed by atoms with van der Waals surface area (Å²) >= 11 is 0. The molecule has 1 aliphatic rings. The van der Waals surface area contributed by atoms with Gasteiger partial charge in [-0.25, -0.2) is 4.79 Å². The molecule has 0 unspecified atom stereocenters. The Kier molecular flexibility index (Phi) is 5.12. The van der Waals surface area contributed by atoms with Crippen LogP contribution in [0.5, 0.6) is 0 Å². The van der Waals surface area contributed by atoms with Crippen LogP contribution in [-0.2, 0) is 11.2 Å². The molecule has 1 amide bonds. The standard InChI is InChI=1S/C18H27NO3/c1-5-13-6-8-14(9-7-13)15-10-11-19(12-16(15)20)17(21)22-18(2,3)4/h6-9,15-16,20H,5,10-12H2,1-4H3/t15-,16-/m1/s1. The van der Waals surface area contributed by atoms with Gasteiger partial charge in [0.05, 0.1) is 12.6 Å². The van der Waals surface area contributed by atoms with E-state index in [1.165, 1.54) is 5.56 Å². The van der Waals surface area contributed by atoms with Crippen LogP contribution in [0.2, 0.25) is 0 Å². The third kappa shape index (κ3) is 4.23. The maximum atomic E-state index is 12.1. The van der Waals surface area contributed by atoms with Crippen LogP contribution in [0.4, 0.5) is 4.79 Å². The summed E-state index contributed by atoms with van der Waals surface area (Å²) < 4.78 is 5.37. The number of aliphatic hydroxyl groups is 1. The number of carbonyl (C=O) groups excluding carboxylic acids is 1. The third-order valence-electron chi connectivity index (χ3n) is 4.05. The van der Waals surface area contributed by atoms with Crippen LogP contribution in [0.1, 0.15) is 51.2 Å².